The lowest BCUT2D eigenvalue weighted by Crippen LogP contribution is -2.42. The van der Waals surface area contributed by atoms with Gasteiger partial charge in [-0.15, -0.1) is 0 Å². The second-order valence-corrected chi connectivity index (χ2v) is 5.71. The Morgan fingerprint density at radius 3 is 2.67 bits per heavy atom. The minimum atomic E-state index is -0.0722. The molecule has 5 nitrogen and oxygen atoms in total. The Morgan fingerprint density at radius 1 is 1.33 bits per heavy atom. The lowest BCUT2D eigenvalue weighted by molar-refractivity contribution is -0.148. The van der Waals surface area contributed by atoms with E-state index in [1.165, 1.54) is 12.8 Å². The van der Waals surface area contributed by atoms with Gasteiger partial charge in [-0.05, 0) is 52.4 Å². The van der Waals surface area contributed by atoms with Crippen molar-refractivity contribution < 1.29 is 9.53 Å². The van der Waals surface area contributed by atoms with E-state index in [4.69, 9.17) is 4.74 Å². The molecule has 0 radical (unpaired) electrons. The van der Waals surface area contributed by atoms with Gasteiger partial charge in [-0.1, -0.05) is 6.92 Å². The lowest BCUT2D eigenvalue weighted by Gasteiger charge is -2.16. The molecule has 0 bridgehead atoms. The molecule has 0 aliphatic heterocycles. The van der Waals surface area contributed by atoms with Crippen LogP contribution in [0.4, 0.5) is 0 Å². The fraction of sp³-hybridized carbons (Fsp3) is 0.875. The van der Waals surface area contributed by atoms with E-state index in [1.807, 2.05) is 6.92 Å². The van der Waals surface area contributed by atoms with Gasteiger partial charge in [0.1, 0.15) is 6.10 Å². The van der Waals surface area contributed by atoms with Gasteiger partial charge < -0.3 is 15.4 Å². The summed E-state index contributed by atoms with van der Waals surface area (Å²) in [5, 5.41) is 6.55. The minimum absolute atomic E-state index is 0.0722. The van der Waals surface area contributed by atoms with Gasteiger partial charge >= 0.3 is 5.97 Å². The Labute approximate surface area is 128 Å². The molecule has 1 unspecified atom stereocenters. The quantitative estimate of drug-likeness (QED) is 0.313. The van der Waals surface area contributed by atoms with Crippen LogP contribution in [0.25, 0.3) is 0 Å². The number of rotatable bonds is 8. The number of hydrogen-bond acceptors (Lipinski definition) is 3. The van der Waals surface area contributed by atoms with Crippen molar-refractivity contribution in [3.05, 3.63) is 0 Å². The average molecular weight is 297 g/mol. The van der Waals surface area contributed by atoms with Crippen LogP contribution in [0, 0.1) is 0 Å². The van der Waals surface area contributed by atoms with Crippen LogP contribution in [0.15, 0.2) is 4.99 Å². The van der Waals surface area contributed by atoms with Crippen molar-refractivity contribution >= 4 is 11.9 Å². The van der Waals surface area contributed by atoms with E-state index in [9.17, 15) is 4.79 Å². The first-order valence-electron chi connectivity index (χ1n) is 8.40. The Hall–Kier alpha value is -1.26. The van der Waals surface area contributed by atoms with Crippen LogP contribution in [0.2, 0.25) is 0 Å². The number of nitrogens with zero attached hydrogens (tertiary/aromatic N) is 1. The van der Waals surface area contributed by atoms with Crippen molar-refractivity contribution in [2.24, 2.45) is 4.99 Å². The van der Waals surface area contributed by atoms with Gasteiger partial charge in [0, 0.05) is 25.6 Å². The van der Waals surface area contributed by atoms with Crippen LogP contribution < -0.4 is 10.6 Å². The second kappa shape index (κ2) is 10.5. The molecule has 0 heterocycles. The molecule has 0 spiro atoms. The number of esters is 1. The van der Waals surface area contributed by atoms with Crippen LogP contribution in [0.3, 0.4) is 0 Å². The molecule has 122 valence electrons. The van der Waals surface area contributed by atoms with Crippen molar-refractivity contribution in [2.75, 3.05) is 13.1 Å². The van der Waals surface area contributed by atoms with E-state index >= 15 is 0 Å². The molecular formula is C16H31N3O2. The summed E-state index contributed by atoms with van der Waals surface area (Å²) in [6.45, 7) is 7.80. The third-order valence-corrected chi connectivity index (χ3v) is 3.75. The molecule has 1 aliphatic carbocycles. The highest BCUT2D eigenvalue weighted by Gasteiger charge is 2.18. The van der Waals surface area contributed by atoms with E-state index in [1.54, 1.807) is 0 Å². The van der Waals surface area contributed by atoms with Crippen LogP contribution in [0.1, 0.15) is 65.7 Å². The predicted octanol–water partition coefficient (Wildman–Crippen LogP) is 2.61. The fourth-order valence-electron chi connectivity index (χ4n) is 2.32. The summed E-state index contributed by atoms with van der Waals surface area (Å²) in [5.74, 6) is 0.757. The van der Waals surface area contributed by atoms with Gasteiger partial charge in [-0.25, -0.2) is 0 Å². The number of hydrogen-bond donors (Lipinski definition) is 2. The van der Waals surface area contributed by atoms with Crippen LogP contribution >= 0.6 is 0 Å². The third-order valence-electron chi connectivity index (χ3n) is 3.75. The summed E-state index contributed by atoms with van der Waals surface area (Å²) < 4.78 is 5.43. The maximum atomic E-state index is 11.7. The molecule has 1 fully saturated rings. The Balaban J connectivity index is 2.21. The topological polar surface area (TPSA) is 62.7 Å². The van der Waals surface area contributed by atoms with Crippen molar-refractivity contribution in [1.29, 1.82) is 0 Å². The number of carbonyl (C=O) groups excluding carboxylic acids is 1. The number of ether oxygens (including phenoxy) is 1. The molecule has 0 amide bonds. The first-order valence-corrected chi connectivity index (χ1v) is 8.40. The van der Waals surface area contributed by atoms with E-state index in [2.05, 4.69) is 29.5 Å². The van der Waals surface area contributed by atoms with Crippen LogP contribution in [-0.4, -0.2) is 37.2 Å². The summed E-state index contributed by atoms with van der Waals surface area (Å²) in [6, 6.07) is 0.398. The van der Waals surface area contributed by atoms with Crippen LogP contribution in [0.5, 0.6) is 0 Å². The van der Waals surface area contributed by atoms with Crippen molar-refractivity contribution in [3.63, 3.8) is 0 Å². The molecule has 1 rings (SSSR count). The summed E-state index contributed by atoms with van der Waals surface area (Å²) >= 11 is 0. The van der Waals surface area contributed by atoms with E-state index < -0.39 is 0 Å². The number of aliphatic imine (C=N–C) groups is 1. The van der Waals surface area contributed by atoms with E-state index in [0.29, 0.717) is 19.0 Å². The Bertz CT molecular complexity index is 325. The van der Waals surface area contributed by atoms with Gasteiger partial charge in [-0.3, -0.25) is 9.79 Å². The van der Waals surface area contributed by atoms with Crippen molar-refractivity contribution in [2.45, 2.75) is 77.9 Å². The third kappa shape index (κ3) is 7.93. The number of guanidine groups is 1. The predicted molar refractivity (Wildman–Crippen MR) is 86.4 cm³/mol. The monoisotopic (exact) mass is 297 g/mol. The standard InChI is InChI=1S/C16H31N3O2/c1-4-13(3)19-16(17-5-2)18-12-8-11-15(20)21-14-9-6-7-10-14/h13-14H,4-12H2,1-3H3,(H2,17,18,19). The van der Waals surface area contributed by atoms with Gasteiger partial charge in [0.2, 0.25) is 0 Å². The summed E-state index contributed by atoms with van der Waals surface area (Å²) in [7, 11) is 0. The maximum Gasteiger partial charge on any atom is 0.306 e. The van der Waals surface area contributed by atoms with Gasteiger partial charge in [0.15, 0.2) is 5.96 Å². The van der Waals surface area contributed by atoms with Gasteiger partial charge in [0.25, 0.3) is 0 Å². The van der Waals surface area contributed by atoms with Gasteiger partial charge in [-0.2, -0.15) is 0 Å². The molecule has 21 heavy (non-hydrogen) atoms. The van der Waals surface area contributed by atoms with Gasteiger partial charge in [0.05, 0.1) is 0 Å². The normalized spacial score (nSPS) is 17.6. The molecule has 5 heteroatoms. The molecule has 1 aliphatic rings. The van der Waals surface area contributed by atoms with Crippen molar-refractivity contribution in [1.82, 2.24) is 10.6 Å². The highest BCUT2D eigenvalue weighted by atomic mass is 16.5. The number of carbonyl (C=O) groups is 1. The lowest BCUT2D eigenvalue weighted by atomic mass is 10.3. The number of nitrogens with one attached hydrogen (secondary N) is 2. The zero-order chi connectivity index (χ0) is 15.5. The molecule has 0 saturated heterocycles. The van der Waals surface area contributed by atoms with E-state index in [0.717, 1.165) is 38.2 Å². The Kier molecular flexibility index (Phi) is 8.87. The summed E-state index contributed by atoms with van der Waals surface area (Å²) in [5.41, 5.74) is 0. The molecule has 1 atom stereocenters. The molecule has 2 N–H and O–H groups in total. The molecule has 0 aromatic carbocycles. The first kappa shape index (κ1) is 17.8. The average Bonchev–Trinajstić information content (AvgIpc) is 2.96. The zero-order valence-corrected chi connectivity index (χ0v) is 13.8. The smallest absolute Gasteiger partial charge is 0.306 e. The molecular weight excluding hydrogens is 266 g/mol. The molecule has 0 aromatic heterocycles. The second-order valence-electron chi connectivity index (χ2n) is 5.71. The first-order chi connectivity index (χ1) is 10.2. The SMILES string of the molecule is CCNC(=NCCCC(=O)OC1CCCC1)NC(C)CC. The summed E-state index contributed by atoms with van der Waals surface area (Å²) in [6.07, 6.45) is 6.88. The van der Waals surface area contributed by atoms with Crippen LogP contribution in [-0.2, 0) is 9.53 Å². The highest BCUT2D eigenvalue weighted by Crippen LogP contribution is 2.21. The summed E-state index contributed by atoms with van der Waals surface area (Å²) in [4.78, 5) is 16.2. The van der Waals surface area contributed by atoms with Crippen molar-refractivity contribution in [3.8, 4) is 0 Å². The Morgan fingerprint density at radius 2 is 2.05 bits per heavy atom. The highest BCUT2D eigenvalue weighted by molar-refractivity contribution is 5.80. The van der Waals surface area contributed by atoms with E-state index in [-0.39, 0.29) is 12.1 Å². The fourth-order valence-corrected chi connectivity index (χ4v) is 2.32. The molecule has 0 aromatic rings. The minimum Gasteiger partial charge on any atom is -0.462 e. The zero-order valence-electron chi connectivity index (χ0n) is 13.8. The largest absolute Gasteiger partial charge is 0.462 e. The molecule has 1 saturated carbocycles. The maximum absolute atomic E-state index is 11.7.